The van der Waals surface area contributed by atoms with Crippen molar-refractivity contribution in [3.05, 3.63) is 71.8 Å². The van der Waals surface area contributed by atoms with Gasteiger partial charge >= 0.3 is 12.6 Å². The molecule has 0 spiro atoms. The van der Waals surface area contributed by atoms with E-state index in [4.69, 9.17) is 14.2 Å². The van der Waals surface area contributed by atoms with E-state index in [0.29, 0.717) is 33.9 Å². The first-order valence-corrected chi connectivity index (χ1v) is 9.88. The van der Waals surface area contributed by atoms with Gasteiger partial charge in [0.25, 0.3) is 0 Å². The van der Waals surface area contributed by atoms with Gasteiger partial charge in [-0.05, 0) is 42.0 Å². The number of amides is 2. The number of nitrogens with zero attached hydrogens (tertiary/aromatic N) is 1. The predicted molar refractivity (Wildman–Crippen MR) is 117 cm³/mol. The van der Waals surface area contributed by atoms with Gasteiger partial charge in [0.15, 0.2) is 0 Å². The summed E-state index contributed by atoms with van der Waals surface area (Å²) in [5.74, 6) is 1.10. The molecule has 0 saturated carbocycles. The molecule has 3 aromatic rings. The molecule has 4 rings (SSSR count). The van der Waals surface area contributed by atoms with Gasteiger partial charge in [0, 0.05) is 30.9 Å². The topological polar surface area (TPSA) is 60.0 Å². The van der Waals surface area contributed by atoms with Crippen molar-refractivity contribution in [1.29, 1.82) is 0 Å². The second-order valence-corrected chi connectivity index (χ2v) is 7.41. The van der Waals surface area contributed by atoms with Gasteiger partial charge in [0.1, 0.15) is 23.4 Å². The number of urea groups is 1. The molecule has 8 heteroatoms. The molecule has 1 atom stereocenters. The molecule has 0 bridgehead atoms. The van der Waals surface area contributed by atoms with E-state index in [0.717, 1.165) is 5.56 Å². The summed E-state index contributed by atoms with van der Waals surface area (Å²) in [6.45, 7) is -2.97. The molecular weight excluding hydrogens is 418 g/mol. The number of fused-ring (bicyclic) bond motifs is 3. The average molecular weight is 440 g/mol. The number of methoxy groups -OCH3 is 1. The minimum absolute atomic E-state index is 0.0212. The minimum Gasteiger partial charge on any atom is -0.497 e. The first-order valence-electron chi connectivity index (χ1n) is 9.88. The van der Waals surface area contributed by atoms with Crippen LogP contribution in [-0.4, -0.2) is 38.7 Å². The molecule has 1 aliphatic heterocycles. The standard InChI is InChI=1S/C24H22F2N2O4/c1-28(2)24(29)27-15-10-11-17-18(13-15)22(14-6-4-7-16(12-14)30-3)31-19-8-5-9-20(21(17)19)32-23(25)26/h4-13,22-23H,1-3H3,(H,27,29). The van der Waals surface area contributed by atoms with E-state index in [1.165, 1.54) is 11.0 Å². The fourth-order valence-corrected chi connectivity index (χ4v) is 3.63. The maximum atomic E-state index is 13.0. The van der Waals surface area contributed by atoms with Crippen LogP contribution in [0.3, 0.4) is 0 Å². The zero-order valence-corrected chi connectivity index (χ0v) is 17.8. The largest absolute Gasteiger partial charge is 0.497 e. The van der Waals surface area contributed by atoms with E-state index < -0.39 is 12.7 Å². The van der Waals surface area contributed by atoms with Crippen LogP contribution in [0.1, 0.15) is 17.2 Å². The van der Waals surface area contributed by atoms with E-state index in [9.17, 15) is 13.6 Å². The predicted octanol–water partition coefficient (Wildman–Crippen LogP) is 5.54. The van der Waals surface area contributed by atoms with E-state index in [-0.39, 0.29) is 11.8 Å². The normalized spacial score (nSPS) is 14.1. The number of rotatable bonds is 5. The number of benzene rings is 3. The van der Waals surface area contributed by atoms with E-state index >= 15 is 0 Å². The Balaban J connectivity index is 1.87. The van der Waals surface area contributed by atoms with Gasteiger partial charge in [-0.25, -0.2) is 4.79 Å². The average Bonchev–Trinajstić information content (AvgIpc) is 2.78. The Hall–Kier alpha value is -3.81. The van der Waals surface area contributed by atoms with Gasteiger partial charge in [-0.2, -0.15) is 8.78 Å². The molecule has 1 heterocycles. The quantitative estimate of drug-likeness (QED) is 0.566. The van der Waals surface area contributed by atoms with Crippen LogP contribution in [-0.2, 0) is 0 Å². The first kappa shape index (κ1) is 21.4. The maximum Gasteiger partial charge on any atom is 0.387 e. The van der Waals surface area contributed by atoms with Gasteiger partial charge < -0.3 is 24.4 Å². The molecular formula is C24H22F2N2O4. The number of alkyl halides is 2. The second kappa shape index (κ2) is 8.74. The molecule has 0 saturated heterocycles. The van der Waals surface area contributed by atoms with Gasteiger partial charge in [-0.1, -0.05) is 24.3 Å². The number of anilines is 1. The second-order valence-electron chi connectivity index (χ2n) is 7.41. The maximum absolute atomic E-state index is 13.0. The van der Waals surface area contributed by atoms with Crippen molar-refractivity contribution >= 4 is 11.7 Å². The van der Waals surface area contributed by atoms with Crippen molar-refractivity contribution in [2.75, 3.05) is 26.5 Å². The van der Waals surface area contributed by atoms with Gasteiger partial charge in [-0.15, -0.1) is 0 Å². The molecule has 32 heavy (non-hydrogen) atoms. The highest BCUT2D eigenvalue weighted by molar-refractivity contribution is 5.90. The molecule has 0 fully saturated rings. The molecule has 0 aromatic heterocycles. The third kappa shape index (κ3) is 4.16. The van der Waals surface area contributed by atoms with Crippen LogP contribution in [0.4, 0.5) is 19.3 Å². The highest BCUT2D eigenvalue weighted by Crippen LogP contribution is 2.50. The first-order chi connectivity index (χ1) is 15.4. The lowest BCUT2D eigenvalue weighted by molar-refractivity contribution is -0.0496. The fraction of sp³-hybridized carbons (Fsp3) is 0.208. The Morgan fingerprint density at radius 2 is 1.88 bits per heavy atom. The van der Waals surface area contributed by atoms with Crippen molar-refractivity contribution in [3.8, 4) is 28.4 Å². The van der Waals surface area contributed by atoms with Crippen LogP contribution >= 0.6 is 0 Å². The lowest BCUT2D eigenvalue weighted by atomic mass is 9.88. The number of halogens is 2. The molecule has 0 radical (unpaired) electrons. The van der Waals surface area contributed by atoms with E-state index in [1.807, 2.05) is 24.3 Å². The summed E-state index contributed by atoms with van der Waals surface area (Å²) in [5, 5.41) is 2.81. The zero-order chi connectivity index (χ0) is 22.8. The van der Waals surface area contributed by atoms with Crippen LogP contribution in [0, 0.1) is 0 Å². The molecule has 1 N–H and O–H groups in total. The van der Waals surface area contributed by atoms with Crippen molar-refractivity contribution in [1.82, 2.24) is 4.90 Å². The van der Waals surface area contributed by atoms with Crippen LogP contribution in [0.2, 0.25) is 0 Å². The number of hydrogen-bond donors (Lipinski definition) is 1. The summed E-state index contributed by atoms with van der Waals surface area (Å²) in [7, 11) is 4.85. The van der Waals surface area contributed by atoms with Crippen molar-refractivity contribution in [2.24, 2.45) is 0 Å². The molecule has 6 nitrogen and oxygen atoms in total. The van der Waals surface area contributed by atoms with E-state index in [1.54, 1.807) is 51.5 Å². The number of ether oxygens (including phenoxy) is 3. The number of nitrogens with one attached hydrogen (secondary N) is 1. The SMILES string of the molecule is COc1cccc(C2Oc3cccc(OC(F)F)c3-c3ccc(NC(=O)N(C)C)cc32)c1. The van der Waals surface area contributed by atoms with Crippen LogP contribution in [0.5, 0.6) is 17.2 Å². The monoisotopic (exact) mass is 440 g/mol. The number of carbonyl (C=O) groups excluding carboxylic acids is 1. The summed E-state index contributed by atoms with van der Waals surface area (Å²) in [4.78, 5) is 13.6. The lowest BCUT2D eigenvalue weighted by Crippen LogP contribution is -2.27. The lowest BCUT2D eigenvalue weighted by Gasteiger charge is -2.31. The van der Waals surface area contributed by atoms with Crippen molar-refractivity contribution < 1.29 is 27.8 Å². The van der Waals surface area contributed by atoms with Gasteiger partial charge in [0.2, 0.25) is 0 Å². The highest BCUT2D eigenvalue weighted by atomic mass is 19.3. The Kier molecular flexibility index (Phi) is 5.85. The Morgan fingerprint density at radius 1 is 1.09 bits per heavy atom. The molecule has 2 amide bonds. The summed E-state index contributed by atoms with van der Waals surface area (Å²) in [6.07, 6.45) is -0.550. The van der Waals surface area contributed by atoms with Crippen molar-refractivity contribution in [3.63, 3.8) is 0 Å². The number of hydrogen-bond acceptors (Lipinski definition) is 4. The van der Waals surface area contributed by atoms with Gasteiger partial charge in [-0.3, -0.25) is 0 Å². The molecule has 1 unspecified atom stereocenters. The number of carbonyl (C=O) groups is 1. The van der Waals surface area contributed by atoms with E-state index in [2.05, 4.69) is 5.32 Å². The summed E-state index contributed by atoms with van der Waals surface area (Å²) >= 11 is 0. The summed E-state index contributed by atoms with van der Waals surface area (Å²) in [5.41, 5.74) is 3.18. The minimum atomic E-state index is -2.97. The van der Waals surface area contributed by atoms with Crippen LogP contribution in [0.15, 0.2) is 60.7 Å². The summed E-state index contributed by atoms with van der Waals surface area (Å²) < 4.78 is 42.5. The molecule has 166 valence electrons. The van der Waals surface area contributed by atoms with Crippen LogP contribution in [0.25, 0.3) is 11.1 Å². The van der Waals surface area contributed by atoms with Crippen molar-refractivity contribution in [2.45, 2.75) is 12.7 Å². The third-order valence-electron chi connectivity index (χ3n) is 5.11. The Bertz CT molecular complexity index is 1150. The molecule has 1 aliphatic rings. The smallest absolute Gasteiger partial charge is 0.387 e. The fourth-order valence-electron chi connectivity index (χ4n) is 3.63. The molecule has 0 aliphatic carbocycles. The van der Waals surface area contributed by atoms with Crippen LogP contribution < -0.4 is 19.5 Å². The third-order valence-corrected chi connectivity index (χ3v) is 5.11. The van der Waals surface area contributed by atoms with Gasteiger partial charge in [0.05, 0.1) is 12.7 Å². The highest BCUT2D eigenvalue weighted by Gasteiger charge is 2.31. The Labute approximate surface area is 184 Å². The Morgan fingerprint density at radius 3 is 2.59 bits per heavy atom. The summed E-state index contributed by atoms with van der Waals surface area (Å²) in [6, 6.07) is 17.2. The molecule has 3 aromatic carbocycles. The zero-order valence-electron chi connectivity index (χ0n) is 17.8.